The lowest BCUT2D eigenvalue weighted by Gasteiger charge is -2.01. The maximum atomic E-state index is 11.5. The van der Waals surface area contributed by atoms with Crippen LogP contribution in [0.1, 0.15) is 5.56 Å². The van der Waals surface area contributed by atoms with Gasteiger partial charge < -0.3 is 10.3 Å². The topological polar surface area (TPSA) is 44.9 Å². The molecule has 0 aliphatic heterocycles. The van der Waals surface area contributed by atoms with Crippen molar-refractivity contribution in [2.24, 2.45) is 0 Å². The average Bonchev–Trinajstić information content (AvgIpc) is 2.19. The Morgan fingerprint density at radius 1 is 1.36 bits per heavy atom. The van der Waals surface area contributed by atoms with Gasteiger partial charge in [0.25, 0.3) is 5.56 Å². The van der Waals surface area contributed by atoms with Crippen LogP contribution in [0.5, 0.6) is 0 Å². The lowest BCUT2D eigenvalue weighted by atomic mass is 10.1. The van der Waals surface area contributed by atoms with Gasteiger partial charge in [0.05, 0.1) is 0 Å². The van der Waals surface area contributed by atoms with Crippen LogP contribution in [-0.4, -0.2) is 12.0 Å². The summed E-state index contributed by atoms with van der Waals surface area (Å²) in [4.78, 5) is 14.4. The Labute approximate surface area is 81.8 Å². The SMILES string of the molecule is CNCc1cc2ccccc2[nH]c1=O. The van der Waals surface area contributed by atoms with Gasteiger partial charge in [-0.15, -0.1) is 0 Å². The zero-order chi connectivity index (χ0) is 9.97. The Balaban J connectivity index is 2.65. The number of hydrogen-bond acceptors (Lipinski definition) is 2. The highest BCUT2D eigenvalue weighted by Crippen LogP contribution is 2.09. The van der Waals surface area contributed by atoms with Gasteiger partial charge in [-0.2, -0.15) is 0 Å². The van der Waals surface area contributed by atoms with E-state index < -0.39 is 0 Å². The fourth-order valence-corrected chi connectivity index (χ4v) is 1.51. The molecule has 3 nitrogen and oxygen atoms in total. The second-order valence-corrected chi connectivity index (χ2v) is 3.24. The Kier molecular flexibility index (Phi) is 2.33. The predicted octanol–water partition coefficient (Wildman–Crippen LogP) is 1.25. The molecule has 0 bridgehead atoms. The minimum atomic E-state index is -0.0157. The minimum Gasteiger partial charge on any atom is -0.322 e. The summed E-state index contributed by atoms with van der Waals surface area (Å²) >= 11 is 0. The van der Waals surface area contributed by atoms with Crippen LogP contribution < -0.4 is 10.9 Å². The van der Waals surface area contributed by atoms with Crippen molar-refractivity contribution in [2.75, 3.05) is 7.05 Å². The quantitative estimate of drug-likeness (QED) is 0.745. The third-order valence-electron chi connectivity index (χ3n) is 2.20. The van der Waals surface area contributed by atoms with Crippen LogP contribution in [0.2, 0.25) is 0 Å². The van der Waals surface area contributed by atoms with Gasteiger partial charge in [0.2, 0.25) is 0 Å². The largest absolute Gasteiger partial charge is 0.322 e. The zero-order valence-electron chi connectivity index (χ0n) is 8.00. The number of fused-ring (bicyclic) bond motifs is 1. The maximum absolute atomic E-state index is 11.5. The smallest absolute Gasteiger partial charge is 0.252 e. The summed E-state index contributed by atoms with van der Waals surface area (Å²) in [5, 5.41) is 4.04. The van der Waals surface area contributed by atoms with Crippen LogP contribution in [0.15, 0.2) is 35.1 Å². The molecule has 0 unspecified atom stereocenters. The van der Waals surface area contributed by atoms with Gasteiger partial charge in [0, 0.05) is 17.6 Å². The fourth-order valence-electron chi connectivity index (χ4n) is 1.51. The third-order valence-corrected chi connectivity index (χ3v) is 2.20. The first kappa shape index (κ1) is 8.97. The van der Waals surface area contributed by atoms with Crippen molar-refractivity contribution in [1.29, 1.82) is 0 Å². The summed E-state index contributed by atoms with van der Waals surface area (Å²) in [5.74, 6) is 0. The van der Waals surface area contributed by atoms with Gasteiger partial charge in [-0.3, -0.25) is 4.79 Å². The molecule has 2 rings (SSSR count). The molecule has 2 aromatic rings. The van der Waals surface area contributed by atoms with E-state index in [1.807, 2.05) is 37.4 Å². The van der Waals surface area contributed by atoms with Gasteiger partial charge in [-0.1, -0.05) is 18.2 Å². The minimum absolute atomic E-state index is 0.0157. The maximum Gasteiger partial charge on any atom is 0.252 e. The zero-order valence-corrected chi connectivity index (χ0v) is 8.00. The van der Waals surface area contributed by atoms with E-state index in [9.17, 15) is 4.79 Å². The Morgan fingerprint density at radius 3 is 2.93 bits per heavy atom. The molecular formula is C11H12N2O. The van der Waals surface area contributed by atoms with Crippen molar-refractivity contribution in [1.82, 2.24) is 10.3 Å². The summed E-state index contributed by atoms with van der Waals surface area (Å²) in [6.45, 7) is 0.597. The van der Waals surface area contributed by atoms with Gasteiger partial charge in [-0.25, -0.2) is 0 Å². The number of pyridine rings is 1. The van der Waals surface area contributed by atoms with E-state index >= 15 is 0 Å². The van der Waals surface area contributed by atoms with Crippen molar-refractivity contribution < 1.29 is 0 Å². The number of H-pyrrole nitrogens is 1. The summed E-state index contributed by atoms with van der Waals surface area (Å²) < 4.78 is 0. The molecule has 2 N–H and O–H groups in total. The van der Waals surface area contributed by atoms with Crippen molar-refractivity contribution in [3.63, 3.8) is 0 Å². The predicted molar refractivity (Wildman–Crippen MR) is 57.3 cm³/mol. The number of para-hydroxylation sites is 1. The van der Waals surface area contributed by atoms with E-state index in [1.54, 1.807) is 0 Å². The van der Waals surface area contributed by atoms with Crippen LogP contribution in [0.3, 0.4) is 0 Å². The number of aromatic nitrogens is 1. The van der Waals surface area contributed by atoms with Gasteiger partial charge in [0.1, 0.15) is 0 Å². The van der Waals surface area contributed by atoms with Crippen LogP contribution in [0.25, 0.3) is 10.9 Å². The summed E-state index contributed by atoms with van der Waals surface area (Å²) in [6, 6.07) is 9.69. The number of benzene rings is 1. The average molecular weight is 188 g/mol. The molecule has 0 atom stereocenters. The van der Waals surface area contributed by atoms with Crippen molar-refractivity contribution in [3.05, 3.63) is 46.2 Å². The first-order valence-electron chi connectivity index (χ1n) is 4.57. The van der Waals surface area contributed by atoms with Gasteiger partial charge in [0.15, 0.2) is 0 Å². The van der Waals surface area contributed by atoms with E-state index in [2.05, 4.69) is 10.3 Å². The molecule has 0 aliphatic rings. The third kappa shape index (κ3) is 1.54. The van der Waals surface area contributed by atoms with E-state index in [1.165, 1.54) is 0 Å². The molecule has 1 aromatic carbocycles. The Bertz CT molecular complexity index is 502. The second kappa shape index (κ2) is 3.64. The molecule has 0 aliphatic carbocycles. The molecule has 14 heavy (non-hydrogen) atoms. The highest BCUT2D eigenvalue weighted by molar-refractivity contribution is 5.78. The first-order chi connectivity index (χ1) is 6.81. The van der Waals surface area contributed by atoms with E-state index in [4.69, 9.17) is 0 Å². The van der Waals surface area contributed by atoms with E-state index in [0.29, 0.717) is 6.54 Å². The molecule has 0 amide bonds. The number of aromatic amines is 1. The molecule has 1 heterocycles. The molecule has 72 valence electrons. The number of rotatable bonds is 2. The number of hydrogen-bond donors (Lipinski definition) is 2. The van der Waals surface area contributed by atoms with Gasteiger partial charge in [-0.05, 0) is 24.6 Å². The van der Waals surface area contributed by atoms with E-state index in [0.717, 1.165) is 16.5 Å². The standard InChI is InChI=1S/C11H12N2O/c1-12-7-9-6-8-4-2-3-5-10(8)13-11(9)14/h2-6,12H,7H2,1H3,(H,13,14). The molecule has 3 heteroatoms. The highest BCUT2D eigenvalue weighted by atomic mass is 16.1. The fraction of sp³-hybridized carbons (Fsp3) is 0.182. The second-order valence-electron chi connectivity index (χ2n) is 3.24. The molecule has 1 aromatic heterocycles. The highest BCUT2D eigenvalue weighted by Gasteiger charge is 2.00. The molecule has 0 saturated carbocycles. The Morgan fingerprint density at radius 2 is 2.14 bits per heavy atom. The molecule has 0 fully saturated rings. The molecular weight excluding hydrogens is 176 g/mol. The monoisotopic (exact) mass is 188 g/mol. The van der Waals surface area contributed by atoms with Crippen LogP contribution in [0.4, 0.5) is 0 Å². The van der Waals surface area contributed by atoms with Crippen molar-refractivity contribution >= 4 is 10.9 Å². The summed E-state index contributed by atoms with van der Waals surface area (Å²) in [7, 11) is 1.83. The normalized spacial score (nSPS) is 10.6. The van der Waals surface area contributed by atoms with Gasteiger partial charge >= 0.3 is 0 Å². The summed E-state index contributed by atoms with van der Waals surface area (Å²) in [5.41, 5.74) is 1.64. The lowest BCUT2D eigenvalue weighted by molar-refractivity contribution is 0.808. The van der Waals surface area contributed by atoms with Crippen LogP contribution in [-0.2, 0) is 6.54 Å². The van der Waals surface area contributed by atoms with E-state index in [-0.39, 0.29) is 5.56 Å². The molecule has 0 saturated heterocycles. The molecule has 0 spiro atoms. The van der Waals surface area contributed by atoms with Crippen LogP contribution in [0, 0.1) is 0 Å². The number of nitrogens with one attached hydrogen (secondary N) is 2. The van der Waals surface area contributed by atoms with Crippen LogP contribution >= 0.6 is 0 Å². The van der Waals surface area contributed by atoms with Crippen molar-refractivity contribution in [2.45, 2.75) is 6.54 Å². The first-order valence-corrected chi connectivity index (χ1v) is 4.57. The lowest BCUT2D eigenvalue weighted by Crippen LogP contribution is -2.17. The molecule has 0 radical (unpaired) electrons. The van der Waals surface area contributed by atoms with Crippen molar-refractivity contribution in [3.8, 4) is 0 Å². The summed E-state index contributed by atoms with van der Waals surface area (Å²) in [6.07, 6.45) is 0. The Hall–Kier alpha value is -1.61.